The molecule has 2 aromatic carbocycles. The van der Waals surface area contributed by atoms with Gasteiger partial charge in [-0.2, -0.15) is 5.10 Å². The molecule has 0 aliphatic carbocycles. The zero-order valence-corrected chi connectivity index (χ0v) is 15.1. The van der Waals surface area contributed by atoms with E-state index in [2.05, 4.69) is 43.4 Å². The standard InChI is InChI=1S/C21H24N2O2/c1-21(2,3)18-10-5-16(6-11-18)9-14-20(24)23-22-15-17-7-12-19(25-4)13-8-17/h5-15H,1-4H3,(H,23,24)/b14-9+,22-15+. The molecular formula is C21H24N2O2. The Hall–Kier alpha value is -2.88. The van der Waals surface area contributed by atoms with Crippen LogP contribution in [0.2, 0.25) is 0 Å². The molecule has 0 bridgehead atoms. The number of nitrogens with one attached hydrogen (secondary N) is 1. The Balaban J connectivity index is 1.88. The van der Waals surface area contributed by atoms with Gasteiger partial charge in [0.05, 0.1) is 13.3 Å². The van der Waals surface area contributed by atoms with E-state index >= 15 is 0 Å². The average Bonchev–Trinajstić information content (AvgIpc) is 2.60. The van der Waals surface area contributed by atoms with E-state index in [1.165, 1.54) is 11.6 Å². The van der Waals surface area contributed by atoms with Crippen molar-refractivity contribution in [2.24, 2.45) is 5.10 Å². The molecule has 1 N–H and O–H groups in total. The minimum atomic E-state index is -0.273. The van der Waals surface area contributed by atoms with Crippen molar-refractivity contribution in [3.8, 4) is 5.75 Å². The fourth-order valence-corrected chi connectivity index (χ4v) is 2.16. The number of ether oxygens (including phenoxy) is 1. The maximum atomic E-state index is 11.8. The predicted molar refractivity (Wildman–Crippen MR) is 103 cm³/mol. The van der Waals surface area contributed by atoms with Crippen LogP contribution in [0.4, 0.5) is 0 Å². The number of rotatable bonds is 5. The van der Waals surface area contributed by atoms with Gasteiger partial charge in [-0.05, 0) is 52.4 Å². The highest BCUT2D eigenvalue weighted by atomic mass is 16.5. The minimum Gasteiger partial charge on any atom is -0.497 e. The molecule has 2 rings (SSSR count). The van der Waals surface area contributed by atoms with Gasteiger partial charge in [0.25, 0.3) is 5.91 Å². The molecule has 0 aliphatic rings. The molecule has 0 unspecified atom stereocenters. The zero-order chi connectivity index (χ0) is 18.3. The van der Waals surface area contributed by atoms with E-state index < -0.39 is 0 Å². The number of hydrogen-bond donors (Lipinski definition) is 1. The van der Waals surface area contributed by atoms with E-state index in [-0.39, 0.29) is 11.3 Å². The van der Waals surface area contributed by atoms with E-state index in [0.717, 1.165) is 16.9 Å². The Labute approximate surface area is 149 Å². The SMILES string of the molecule is COc1ccc(/C=N/NC(=O)/C=C/c2ccc(C(C)(C)C)cc2)cc1. The third-order valence-electron chi connectivity index (χ3n) is 3.71. The van der Waals surface area contributed by atoms with Crippen LogP contribution in [0.5, 0.6) is 5.75 Å². The van der Waals surface area contributed by atoms with Gasteiger partial charge in [-0.1, -0.05) is 45.0 Å². The van der Waals surface area contributed by atoms with Gasteiger partial charge in [-0.25, -0.2) is 5.43 Å². The van der Waals surface area contributed by atoms with Gasteiger partial charge in [-0.15, -0.1) is 0 Å². The molecule has 130 valence electrons. The van der Waals surface area contributed by atoms with Crippen LogP contribution in [-0.4, -0.2) is 19.2 Å². The van der Waals surface area contributed by atoms with Crippen molar-refractivity contribution in [1.82, 2.24) is 5.43 Å². The molecule has 0 aromatic heterocycles. The first kappa shape index (κ1) is 18.5. The summed E-state index contributed by atoms with van der Waals surface area (Å²) >= 11 is 0. The molecule has 2 aromatic rings. The Morgan fingerprint density at radius 3 is 2.16 bits per heavy atom. The van der Waals surface area contributed by atoms with Crippen molar-refractivity contribution < 1.29 is 9.53 Å². The lowest BCUT2D eigenvalue weighted by molar-refractivity contribution is -0.116. The summed E-state index contributed by atoms with van der Waals surface area (Å²) in [5.41, 5.74) is 5.71. The van der Waals surface area contributed by atoms with Crippen LogP contribution in [0.25, 0.3) is 6.08 Å². The van der Waals surface area contributed by atoms with Crippen LogP contribution in [0.15, 0.2) is 59.7 Å². The van der Waals surface area contributed by atoms with Crippen LogP contribution in [0, 0.1) is 0 Å². The molecule has 4 heteroatoms. The summed E-state index contributed by atoms with van der Waals surface area (Å²) in [4.78, 5) is 11.8. The first-order chi connectivity index (χ1) is 11.9. The van der Waals surface area contributed by atoms with E-state index in [0.29, 0.717) is 0 Å². The summed E-state index contributed by atoms with van der Waals surface area (Å²) in [6.45, 7) is 6.52. The Morgan fingerprint density at radius 2 is 1.60 bits per heavy atom. The number of hydrogen-bond acceptors (Lipinski definition) is 3. The van der Waals surface area contributed by atoms with E-state index in [9.17, 15) is 4.79 Å². The van der Waals surface area contributed by atoms with Gasteiger partial charge < -0.3 is 4.74 Å². The number of carbonyl (C=O) groups excluding carboxylic acids is 1. The predicted octanol–water partition coefficient (Wildman–Crippen LogP) is 4.16. The second-order valence-corrected chi connectivity index (χ2v) is 6.71. The maximum absolute atomic E-state index is 11.8. The fraction of sp³-hybridized carbons (Fsp3) is 0.238. The minimum absolute atomic E-state index is 0.121. The Bertz CT molecular complexity index is 752. The third kappa shape index (κ3) is 5.92. The first-order valence-corrected chi connectivity index (χ1v) is 8.14. The molecular weight excluding hydrogens is 312 g/mol. The molecule has 1 amide bonds. The molecule has 0 fully saturated rings. The first-order valence-electron chi connectivity index (χ1n) is 8.14. The summed E-state index contributed by atoms with van der Waals surface area (Å²) in [5.74, 6) is 0.506. The Morgan fingerprint density at radius 1 is 1.00 bits per heavy atom. The zero-order valence-electron chi connectivity index (χ0n) is 15.1. The molecule has 0 saturated carbocycles. The largest absolute Gasteiger partial charge is 0.497 e. The highest BCUT2D eigenvalue weighted by molar-refractivity contribution is 5.92. The van der Waals surface area contributed by atoms with Crippen LogP contribution >= 0.6 is 0 Å². The van der Waals surface area contributed by atoms with E-state index in [1.54, 1.807) is 19.4 Å². The summed E-state index contributed by atoms with van der Waals surface area (Å²) in [7, 11) is 1.62. The van der Waals surface area contributed by atoms with Crippen LogP contribution in [0.3, 0.4) is 0 Å². The summed E-state index contributed by atoms with van der Waals surface area (Å²) in [5, 5.41) is 3.94. The van der Waals surface area contributed by atoms with Gasteiger partial charge in [0.1, 0.15) is 5.75 Å². The lowest BCUT2D eigenvalue weighted by Crippen LogP contribution is -2.14. The number of hydrazone groups is 1. The average molecular weight is 336 g/mol. The quantitative estimate of drug-likeness (QED) is 0.506. The number of benzene rings is 2. The molecule has 0 heterocycles. The second-order valence-electron chi connectivity index (χ2n) is 6.71. The van der Waals surface area contributed by atoms with Gasteiger partial charge in [0.15, 0.2) is 0 Å². The highest BCUT2D eigenvalue weighted by Crippen LogP contribution is 2.22. The van der Waals surface area contributed by atoms with Crippen LogP contribution in [0.1, 0.15) is 37.5 Å². The lowest BCUT2D eigenvalue weighted by Gasteiger charge is -2.18. The van der Waals surface area contributed by atoms with E-state index in [1.807, 2.05) is 36.4 Å². The third-order valence-corrected chi connectivity index (χ3v) is 3.71. The maximum Gasteiger partial charge on any atom is 0.264 e. The molecule has 0 spiro atoms. The summed E-state index contributed by atoms with van der Waals surface area (Å²) in [6.07, 6.45) is 4.82. The molecule has 25 heavy (non-hydrogen) atoms. The van der Waals surface area contributed by atoms with Crippen molar-refractivity contribution in [3.05, 3.63) is 71.3 Å². The Kier molecular flexibility index (Phi) is 6.12. The van der Waals surface area contributed by atoms with Gasteiger partial charge in [0.2, 0.25) is 0 Å². The van der Waals surface area contributed by atoms with Crippen molar-refractivity contribution in [3.63, 3.8) is 0 Å². The molecule has 0 atom stereocenters. The van der Waals surface area contributed by atoms with Crippen molar-refractivity contribution in [2.75, 3.05) is 7.11 Å². The fourth-order valence-electron chi connectivity index (χ4n) is 2.16. The smallest absolute Gasteiger partial charge is 0.264 e. The molecule has 4 nitrogen and oxygen atoms in total. The molecule has 0 aliphatic heterocycles. The van der Waals surface area contributed by atoms with Gasteiger partial charge in [0, 0.05) is 6.08 Å². The normalized spacial score (nSPS) is 11.8. The monoisotopic (exact) mass is 336 g/mol. The molecule has 0 radical (unpaired) electrons. The van der Waals surface area contributed by atoms with Gasteiger partial charge in [-0.3, -0.25) is 4.79 Å². The summed E-state index contributed by atoms with van der Waals surface area (Å²) < 4.78 is 5.09. The second kappa shape index (κ2) is 8.29. The van der Waals surface area contributed by atoms with Crippen molar-refractivity contribution in [2.45, 2.75) is 26.2 Å². The van der Waals surface area contributed by atoms with Crippen molar-refractivity contribution in [1.29, 1.82) is 0 Å². The number of carbonyl (C=O) groups is 1. The topological polar surface area (TPSA) is 50.7 Å². The van der Waals surface area contributed by atoms with Crippen LogP contribution < -0.4 is 10.2 Å². The number of methoxy groups -OCH3 is 1. The van der Waals surface area contributed by atoms with E-state index in [4.69, 9.17) is 4.74 Å². The summed E-state index contributed by atoms with van der Waals surface area (Å²) in [6, 6.07) is 15.6. The lowest BCUT2D eigenvalue weighted by atomic mass is 9.87. The highest BCUT2D eigenvalue weighted by Gasteiger charge is 2.12. The van der Waals surface area contributed by atoms with Crippen LogP contribution in [-0.2, 0) is 10.2 Å². The van der Waals surface area contributed by atoms with Gasteiger partial charge >= 0.3 is 0 Å². The number of amides is 1. The van der Waals surface area contributed by atoms with Crippen molar-refractivity contribution >= 4 is 18.2 Å². The number of nitrogens with zero attached hydrogens (tertiary/aromatic N) is 1. The molecule has 0 saturated heterocycles.